The molecule has 0 saturated heterocycles. The summed E-state index contributed by atoms with van der Waals surface area (Å²) in [5, 5.41) is 6.74. The van der Waals surface area contributed by atoms with E-state index in [1.807, 2.05) is 0 Å². The summed E-state index contributed by atoms with van der Waals surface area (Å²) in [7, 11) is 0. The molecule has 0 unspecified atom stereocenters. The molecule has 8 nitrogen and oxygen atoms in total. The number of amides is 1. The predicted octanol–water partition coefficient (Wildman–Crippen LogP) is 2.75. The summed E-state index contributed by atoms with van der Waals surface area (Å²) in [6.07, 6.45) is 6.47. The third kappa shape index (κ3) is 4.41. The molecule has 1 amide bonds. The number of hydrogen-bond acceptors (Lipinski definition) is 7. The van der Waals surface area contributed by atoms with Crippen molar-refractivity contribution in [3.63, 3.8) is 0 Å². The van der Waals surface area contributed by atoms with Gasteiger partial charge in [-0.2, -0.15) is 4.98 Å². The second kappa shape index (κ2) is 8.62. The lowest BCUT2D eigenvalue weighted by molar-refractivity contribution is 0.0946. The Morgan fingerprint density at radius 1 is 1.17 bits per heavy atom. The largest absolute Gasteiger partial charge is 0.347 e. The molecule has 10 heteroatoms. The van der Waals surface area contributed by atoms with Gasteiger partial charge in [0.2, 0.25) is 0 Å². The van der Waals surface area contributed by atoms with Crippen LogP contribution >= 0.6 is 12.4 Å². The first-order valence-electron chi connectivity index (χ1n) is 9.02. The Hall–Kier alpha value is -2.91. The van der Waals surface area contributed by atoms with Crippen LogP contribution in [0.3, 0.4) is 0 Å². The molecular weight excluding hydrogens is 399 g/mol. The quantitative estimate of drug-likeness (QED) is 0.653. The Bertz CT molecular complexity index is 988. The van der Waals surface area contributed by atoms with E-state index in [9.17, 15) is 9.18 Å². The van der Waals surface area contributed by atoms with Gasteiger partial charge in [-0.05, 0) is 30.5 Å². The van der Waals surface area contributed by atoms with Gasteiger partial charge in [-0.15, -0.1) is 12.4 Å². The molecule has 0 atom stereocenters. The van der Waals surface area contributed by atoms with Crippen molar-refractivity contribution in [2.45, 2.75) is 37.8 Å². The van der Waals surface area contributed by atoms with Crippen molar-refractivity contribution in [1.82, 2.24) is 25.4 Å². The highest BCUT2D eigenvalue weighted by molar-refractivity contribution is 5.96. The molecule has 2 aromatic heterocycles. The Labute approximate surface area is 172 Å². The highest BCUT2D eigenvalue weighted by atomic mass is 35.5. The lowest BCUT2D eigenvalue weighted by atomic mass is 9.99. The number of nitrogens with one attached hydrogen (secondary N) is 1. The zero-order chi connectivity index (χ0) is 19.6. The molecule has 1 saturated carbocycles. The molecule has 0 spiro atoms. The number of carbonyl (C=O) groups is 1. The Morgan fingerprint density at radius 2 is 1.86 bits per heavy atom. The maximum atomic E-state index is 13.0. The fourth-order valence-corrected chi connectivity index (χ4v) is 3.28. The molecule has 0 aliphatic heterocycles. The van der Waals surface area contributed by atoms with Gasteiger partial charge in [0.1, 0.15) is 5.82 Å². The summed E-state index contributed by atoms with van der Waals surface area (Å²) in [5.74, 6) is -0.260. The number of carbonyl (C=O) groups excluding carboxylic acids is 1. The normalized spacial score (nSPS) is 15.0. The fraction of sp³-hybridized carbons (Fsp3) is 0.316. The first kappa shape index (κ1) is 20.8. The number of nitrogens with zero attached hydrogens (tertiary/aromatic N) is 4. The number of benzene rings is 1. The van der Waals surface area contributed by atoms with E-state index in [0.717, 1.165) is 31.2 Å². The Morgan fingerprint density at radius 3 is 2.59 bits per heavy atom. The van der Waals surface area contributed by atoms with E-state index in [4.69, 9.17) is 10.3 Å². The molecule has 0 radical (unpaired) electrons. The topological polar surface area (TPSA) is 120 Å². The minimum absolute atomic E-state index is 0. The maximum Gasteiger partial charge on any atom is 0.279 e. The SMILES string of the molecule is Cl.NC1(c2noc(-c3nccnc3C(=O)NCc3ccc(F)cc3)n2)CCCC1. The van der Waals surface area contributed by atoms with Crippen molar-refractivity contribution in [2.75, 3.05) is 0 Å². The number of aromatic nitrogens is 4. The van der Waals surface area contributed by atoms with Crippen LogP contribution in [-0.2, 0) is 12.1 Å². The molecule has 1 aliphatic carbocycles. The molecule has 3 aromatic rings. The second-order valence-corrected chi connectivity index (χ2v) is 6.85. The van der Waals surface area contributed by atoms with Crippen molar-refractivity contribution in [3.8, 4) is 11.6 Å². The van der Waals surface area contributed by atoms with Gasteiger partial charge in [-0.3, -0.25) is 4.79 Å². The minimum atomic E-state index is -0.602. The molecule has 4 rings (SSSR count). The summed E-state index contributed by atoms with van der Waals surface area (Å²) in [4.78, 5) is 25.3. The van der Waals surface area contributed by atoms with Crippen LogP contribution in [0.1, 0.15) is 47.6 Å². The molecule has 1 fully saturated rings. The van der Waals surface area contributed by atoms with E-state index < -0.39 is 11.4 Å². The first-order chi connectivity index (χ1) is 13.5. The molecule has 0 bridgehead atoms. The molecule has 1 aromatic carbocycles. The van der Waals surface area contributed by atoms with Crippen LogP contribution in [0.4, 0.5) is 4.39 Å². The van der Waals surface area contributed by atoms with Crippen molar-refractivity contribution in [3.05, 3.63) is 59.6 Å². The van der Waals surface area contributed by atoms with Gasteiger partial charge in [0.15, 0.2) is 17.2 Å². The van der Waals surface area contributed by atoms with Crippen molar-refractivity contribution in [2.24, 2.45) is 5.73 Å². The fourth-order valence-electron chi connectivity index (χ4n) is 3.28. The minimum Gasteiger partial charge on any atom is -0.347 e. The van der Waals surface area contributed by atoms with Gasteiger partial charge in [-0.1, -0.05) is 30.1 Å². The van der Waals surface area contributed by atoms with Crippen LogP contribution in [0.2, 0.25) is 0 Å². The average Bonchev–Trinajstić information content (AvgIpc) is 3.38. The smallest absolute Gasteiger partial charge is 0.279 e. The number of nitrogens with two attached hydrogens (primary N) is 1. The van der Waals surface area contributed by atoms with Gasteiger partial charge in [0.05, 0.1) is 5.54 Å². The number of hydrogen-bond donors (Lipinski definition) is 2. The van der Waals surface area contributed by atoms with Gasteiger partial charge in [0, 0.05) is 18.9 Å². The van der Waals surface area contributed by atoms with Gasteiger partial charge < -0.3 is 15.6 Å². The summed E-state index contributed by atoms with van der Waals surface area (Å²) >= 11 is 0. The number of halogens is 2. The van der Waals surface area contributed by atoms with E-state index in [2.05, 4.69) is 25.4 Å². The lowest BCUT2D eigenvalue weighted by Crippen LogP contribution is -2.34. The van der Waals surface area contributed by atoms with Crippen LogP contribution in [0.5, 0.6) is 0 Å². The highest BCUT2D eigenvalue weighted by Crippen LogP contribution is 2.35. The average molecular weight is 419 g/mol. The zero-order valence-corrected chi connectivity index (χ0v) is 16.3. The van der Waals surface area contributed by atoms with Crippen LogP contribution in [0.15, 0.2) is 41.2 Å². The molecule has 29 heavy (non-hydrogen) atoms. The van der Waals surface area contributed by atoms with Crippen molar-refractivity contribution < 1.29 is 13.7 Å². The van der Waals surface area contributed by atoms with Crippen LogP contribution < -0.4 is 11.1 Å². The summed E-state index contributed by atoms with van der Waals surface area (Å²) < 4.78 is 18.3. The molecule has 2 heterocycles. The Kier molecular flexibility index (Phi) is 6.19. The van der Waals surface area contributed by atoms with Gasteiger partial charge in [-0.25, -0.2) is 14.4 Å². The molecule has 3 N–H and O–H groups in total. The van der Waals surface area contributed by atoms with Crippen LogP contribution in [0, 0.1) is 5.82 Å². The summed E-state index contributed by atoms with van der Waals surface area (Å²) in [5.41, 5.74) is 6.78. The van der Waals surface area contributed by atoms with Gasteiger partial charge in [0.25, 0.3) is 11.8 Å². The lowest BCUT2D eigenvalue weighted by Gasteiger charge is -2.17. The molecular formula is C19H20ClFN6O2. The van der Waals surface area contributed by atoms with E-state index in [-0.39, 0.29) is 42.0 Å². The van der Waals surface area contributed by atoms with E-state index >= 15 is 0 Å². The monoisotopic (exact) mass is 418 g/mol. The van der Waals surface area contributed by atoms with Crippen LogP contribution in [-0.4, -0.2) is 26.0 Å². The van der Waals surface area contributed by atoms with Crippen LogP contribution in [0.25, 0.3) is 11.6 Å². The van der Waals surface area contributed by atoms with Crippen molar-refractivity contribution in [1.29, 1.82) is 0 Å². The molecule has 152 valence electrons. The maximum absolute atomic E-state index is 13.0. The van der Waals surface area contributed by atoms with E-state index in [1.54, 1.807) is 12.1 Å². The first-order valence-corrected chi connectivity index (χ1v) is 9.02. The third-order valence-electron chi connectivity index (χ3n) is 4.85. The third-order valence-corrected chi connectivity index (χ3v) is 4.85. The summed E-state index contributed by atoms with van der Waals surface area (Å²) in [6.45, 7) is 0.218. The predicted molar refractivity (Wildman–Crippen MR) is 104 cm³/mol. The standard InChI is InChI=1S/C19H19FN6O2.ClH/c20-13-5-3-12(4-6-13)11-24-16(27)14-15(23-10-9-22-14)17-25-18(26-28-17)19(21)7-1-2-8-19;/h3-6,9-10H,1-2,7-8,11,21H2,(H,24,27);1H. The highest BCUT2D eigenvalue weighted by Gasteiger charge is 2.36. The van der Waals surface area contributed by atoms with Crippen molar-refractivity contribution >= 4 is 18.3 Å². The van der Waals surface area contributed by atoms with E-state index in [0.29, 0.717) is 5.82 Å². The Balaban J connectivity index is 0.00000240. The number of rotatable bonds is 5. The molecule has 1 aliphatic rings. The summed E-state index contributed by atoms with van der Waals surface area (Å²) in [6, 6.07) is 5.86. The zero-order valence-electron chi connectivity index (χ0n) is 15.5. The van der Waals surface area contributed by atoms with Gasteiger partial charge >= 0.3 is 0 Å². The second-order valence-electron chi connectivity index (χ2n) is 6.85. The van der Waals surface area contributed by atoms with E-state index in [1.165, 1.54) is 24.5 Å².